The smallest absolute Gasteiger partial charge is 0.147 e. The Bertz CT molecular complexity index is 411. The Morgan fingerprint density at radius 2 is 1.89 bits per heavy atom. The standard InChI is InChI=1S/C13H22N4O2/c1-13(2,19)10-16-3-5-17(6-4-16)12-8-14-7-11(9-18)15-12/h7-8,18-19H,3-6,9-10H2,1-2H3. The van der Waals surface area contributed by atoms with Crippen LogP contribution in [0.15, 0.2) is 12.4 Å². The number of rotatable bonds is 4. The summed E-state index contributed by atoms with van der Waals surface area (Å²) >= 11 is 0. The van der Waals surface area contributed by atoms with Gasteiger partial charge in [-0.25, -0.2) is 4.98 Å². The molecule has 0 unspecified atom stereocenters. The fourth-order valence-electron chi connectivity index (χ4n) is 2.31. The number of anilines is 1. The molecule has 2 rings (SSSR count). The van der Waals surface area contributed by atoms with Crippen molar-refractivity contribution in [2.24, 2.45) is 0 Å². The summed E-state index contributed by atoms with van der Waals surface area (Å²) in [5.74, 6) is 0.814. The molecule has 2 N–H and O–H groups in total. The molecular formula is C13H22N4O2. The molecule has 2 heterocycles. The second-order valence-electron chi connectivity index (χ2n) is 5.60. The fourth-order valence-corrected chi connectivity index (χ4v) is 2.31. The van der Waals surface area contributed by atoms with Crippen LogP contribution >= 0.6 is 0 Å². The maximum Gasteiger partial charge on any atom is 0.147 e. The van der Waals surface area contributed by atoms with E-state index in [-0.39, 0.29) is 6.61 Å². The Hall–Kier alpha value is -1.24. The van der Waals surface area contributed by atoms with E-state index in [0.717, 1.165) is 32.0 Å². The van der Waals surface area contributed by atoms with Crippen molar-refractivity contribution in [3.63, 3.8) is 0 Å². The zero-order chi connectivity index (χ0) is 13.9. The van der Waals surface area contributed by atoms with Gasteiger partial charge in [-0.2, -0.15) is 0 Å². The molecule has 19 heavy (non-hydrogen) atoms. The van der Waals surface area contributed by atoms with Crippen molar-refractivity contribution in [1.29, 1.82) is 0 Å². The molecule has 0 radical (unpaired) electrons. The normalized spacial score (nSPS) is 17.8. The lowest BCUT2D eigenvalue weighted by Crippen LogP contribution is -2.50. The average molecular weight is 266 g/mol. The summed E-state index contributed by atoms with van der Waals surface area (Å²) in [6, 6.07) is 0. The number of hydrogen-bond donors (Lipinski definition) is 2. The molecule has 1 aromatic rings. The lowest BCUT2D eigenvalue weighted by atomic mass is 10.1. The van der Waals surface area contributed by atoms with E-state index in [1.165, 1.54) is 0 Å². The number of nitrogens with zero attached hydrogens (tertiary/aromatic N) is 4. The van der Waals surface area contributed by atoms with Crippen molar-refractivity contribution in [2.45, 2.75) is 26.1 Å². The van der Waals surface area contributed by atoms with Gasteiger partial charge >= 0.3 is 0 Å². The molecule has 1 aliphatic heterocycles. The molecule has 0 aliphatic carbocycles. The van der Waals surface area contributed by atoms with Gasteiger partial charge in [0.1, 0.15) is 5.82 Å². The molecule has 0 aromatic carbocycles. The van der Waals surface area contributed by atoms with E-state index in [0.29, 0.717) is 12.2 Å². The van der Waals surface area contributed by atoms with Crippen molar-refractivity contribution in [1.82, 2.24) is 14.9 Å². The first-order chi connectivity index (χ1) is 8.98. The minimum atomic E-state index is -0.654. The monoisotopic (exact) mass is 266 g/mol. The Labute approximate surface area is 113 Å². The predicted octanol–water partition coefficient (Wildman–Crippen LogP) is -0.138. The Balaban J connectivity index is 1.92. The minimum Gasteiger partial charge on any atom is -0.390 e. The van der Waals surface area contributed by atoms with E-state index >= 15 is 0 Å². The summed E-state index contributed by atoms with van der Waals surface area (Å²) in [7, 11) is 0. The van der Waals surface area contributed by atoms with Crippen LogP contribution in [0.4, 0.5) is 5.82 Å². The van der Waals surface area contributed by atoms with E-state index in [2.05, 4.69) is 19.8 Å². The van der Waals surface area contributed by atoms with Crippen LogP contribution in [0.3, 0.4) is 0 Å². The van der Waals surface area contributed by atoms with Gasteiger partial charge in [-0.3, -0.25) is 9.88 Å². The van der Waals surface area contributed by atoms with Gasteiger partial charge in [0.15, 0.2) is 0 Å². The third kappa shape index (κ3) is 4.12. The van der Waals surface area contributed by atoms with Crippen LogP contribution in [0.1, 0.15) is 19.5 Å². The number of piperazine rings is 1. The van der Waals surface area contributed by atoms with Gasteiger partial charge in [-0.05, 0) is 13.8 Å². The molecule has 106 valence electrons. The van der Waals surface area contributed by atoms with E-state index in [9.17, 15) is 5.11 Å². The maximum absolute atomic E-state index is 9.82. The van der Waals surface area contributed by atoms with Gasteiger partial charge in [-0.15, -0.1) is 0 Å². The van der Waals surface area contributed by atoms with Crippen molar-refractivity contribution >= 4 is 5.82 Å². The molecular weight excluding hydrogens is 244 g/mol. The third-order valence-electron chi connectivity index (χ3n) is 3.14. The van der Waals surface area contributed by atoms with Crippen LogP contribution in [-0.2, 0) is 6.61 Å². The Kier molecular flexibility index (Phi) is 4.34. The second-order valence-corrected chi connectivity index (χ2v) is 5.60. The van der Waals surface area contributed by atoms with Crippen LogP contribution in [0, 0.1) is 0 Å². The zero-order valence-corrected chi connectivity index (χ0v) is 11.6. The quantitative estimate of drug-likeness (QED) is 0.790. The summed E-state index contributed by atoms with van der Waals surface area (Å²) in [5.41, 5.74) is -0.0601. The highest BCUT2D eigenvalue weighted by Crippen LogP contribution is 2.14. The van der Waals surface area contributed by atoms with Gasteiger partial charge < -0.3 is 15.1 Å². The van der Waals surface area contributed by atoms with Gasteiger partial charge in [0.2, 0.25) is 0 Å². The van der Waals surface area contributed by atoms with Gasteiger partial charge in [-0.1, -0.05) is 0 Å². The first-order valence-electron chi connectivity index (χ1n) is 6.59. The number of β-amino-alcohol motifs (C(OH)–C–C–N with tert-alkyl or cyclic N) is 1. The fraction of sp³-hybridized carbons (Fsp3) is 0.692. The molecule has 6 nitrogen and oxygen atoms in total. The van der Waals surface area contributed by atoms with Gasteiger partial charge in [0, 0.05) is 32.7 Å². The third-order valence-corrected chi connectivity index (χ3v) is 3.14. The van der Waals surface area contributed by atoms with Crippen LogP contribution in [0.2, 0.25) is 0 Å². The average Bonchev–Trinajstić information content (AvgIpc) is 2.38. The molecule has 6 heteroatoms. The minimum absolute atomic E-state index is 0.0838. The van der Waals surface area contributed by atoms with Crippen molar-refractivity contribution in [2.75, 3.05) is 37.6 Å². The summed E-state index contributed by atoms with van der Waals surface area (Å²) in [6.07, 6.45) is 3.30. The zero-order valence-electron chi connectivity index (χ0n) is 11.6. The Morgan fingerprint density at radius 1 is 1.21 bits per heavy atom. The largest absolute Gasteiger partial charge is 0.390 e. The van der Waals surface area contributed by atoms with E-state index < -0.39 is 5.60 Å². The maximum atomic E-state index is 9.82. The second kappa shape index (κ2) is 5.81. The lowest BCUT2D eigenvalue weighted by molar-refractivity contribution is 0.0344. The molecule has 1 saturated heterocycles. The molecule has 1 aliphatic rings. The molecule has 0 atom stereocenters. The highest BCUT2D eigenvalue weighted by molar-refractivity contribution is 5.36. The summed E-state index contributed by atoms with van der Waals surface area (Å²) in [4.78, 5) is 12.9. The summed E-state index contributed by atoms with van der Waals surface area (Å²) in [6.45, 7) is 7.77. The summed E-state index contributed by atoms with van der Waals surface area (Å²) in [5, 5.41) is 18.9. The highest BCUT2D eigenvalue weighted by Gasteiger charge is 2.23. The molecule has 0 spiro atoms. The van der Waals surface area contributed by atoms with Crippen molar-refractivity contribution < 1.29 is 10.2 Å². The first kappa shape index (κ1) is 14.2. The molecule has 1 aromatic heterocycles. The molecule has 0 saturated carbocycles. The molecule has 0 amide bonds. The Morgan fingerprint density at radius 3 is 2.47 bits per heavy atom. The van der Waals surface area contributed by atoms with E-state index in [4.69, 9.17) is 5.11 Å². The van der Waals surface area contributed by atoms with Gasteiger partial charge in [0.25, 0.3) is 0 Å². The predicted molar refractivity (Wildman–Crippen MR) is 72.9 cm³/mol. The summed E-state index contributed by atoms with van der Waals surface area (Å²) < 4.78 is 0. The van der Waals surface area contributed by atoms with E-state index in [1.54, 1.807) is 12.4 Å². The van der Waals surface area contributed by atoms with Crippen LogP contribution < -0.4 is 4.90 Å². The van der Waals surface area contributed by atoms with Crippen LogP contribution in [0.5, 0.6) is 0 Å². The topological polar surface area (TPSA) is 72.7 Å². The lowest BCUT2D eigenvalue weighted by Gasteiger charge is -2.37. The first-order valence-corrected chi connectivity index (χ1v) is 6.59. The number of aliphatic hydroxyl groups is 2. The van der Waals surface area contributed by atoms with E-state index in [1.807, 2.05) is 13.8 Å². The van der Waals surface area contributed by atoms with Crippen molar-refractivity contribution in [3.05, 3.63) is 18.1 Å². The van der Waals surface area contributed by atoms with Crippen LogP contribution in [0.25, 0.3) is 0 Å². The molecule has 1 fully saturated rings. The van der Waals surface area contributed by atoms with Crippen LogP contribution in [-0.4, -0.2) is 63.4 Å². The van der Waals surface area contributed by atoms with Gasteiger partial charge in [0.05, 0.1) is 30.3 Å². The molecule has 0 bridgehead atoms. The van der Waals surface area contributed by atoms with Crippen molar-refractivity contribution in [3.8, 4) is 0 Å². The SMILES string of the molecule is CC(C)(O)CN1CCN(c2cncc(CO)n2)CC1. The number of aliphatic hydroxyl groups excluding tert-OH is 1. The number of aromatic nitrogens is 2. The number of hydrogen-bond acceptors (Lipinski definition) is 6. The highest BCUT2D eigenvalue weighted by atomic mass is 16.3.